The Hall–Kier alpha value is -0.0800. The van der Waals surface area contributed by atoms with Crippen molar-refractivity contribution in [3.8, 4) is 0 Å². The Morgan fingerprint density at radius 3 is 2.71 bits per heavy atom. The monoisotopic (exact) mass is 236 g/mol. The molecule has 2 bridgehead atoms. The van der Waals surface area contributed by atoms with Crippen LogP contribution < -0.4 is 5.73 Å². The summed E-state index contributed by atoms with van der Waals surface area (Å²) in [5.41, 5.74) is 7.17. The quantitative estimate of drug-likeness (QED) is 0.798. The molecule has 1 spiro atoms. The summed E-state index contributed by atoms with van der Waals surface area (Å²) < 4.78 is 0. The van der Waals surface area contributed by atoms with Gasteiger partial charge in [0, 0.05) is 12.6 Å². The van der Waals surface area contributed by atoms with Gasteiger partial charge in [-0.15, -0.1) is 0 Å². The predicted molar refractivity (Wildman–Crippen MR) is 71.8 cm³/mol. The zero-order valence-electron chi connectivity index (χ0n) is 11.5. The van der Waals surface area contributed by atoms with Gasteiger partial charge in [0.25, 0.3) is 0 Å². The molecule has 0 amide bonds. The van der Waals surface area contributed by atoms with E-state index in [-0.39, 0.29) is 0 Å². The maximum atomic E-state index is 6.61. The number of fused-ring (bicyclic) bond motifs is 3. The van der Waals surface area contributed by atoms with Crippen LogP contribution in [0.3, 0.4) is 0 Å². The third kappa shape index (κ3) is 1.84. The number of nitrogens with zero attached hydrogens (tertiary/aromatic N) is 1. The van der Waals surface area contributed by atoms with E-state index < -0.39 is 0 Å². The normalized spacial score (nSPS) is 49.4. The molecule has 0 unspecified atom stereocenters. The highest BCUT2D eigenvalue weighted by Crippen LogP contribution is 2.61. The molecule has 0 aromatic heterocycles. The Balaban J connectivity index is 1.74. The highest BCUT2D eigenvalue weighted by molar-refractivity contribution is 5.10. The maximum Gasteiger partial charge on any atom is 0.0127 e. The molecular formula is C15H28N2. The first-order chi connectivity index (χ1) is 8.12. The minimum Gasteiger partial charge on any atom is -0.327 e. The molecule has 3 rings (SSSR count). The highest BCUT2D eigenvalue weighted by atomic mass is 15.1. The zero-order valence-corrected chi connectivity index (χ0v) is 11.5. The van der Waals surface area contributed by atoms with E-state index in [0.29, 0.717) is 11.5 Å². The highest BCUT2D eigenvalue weighted by Gasteiger charge is 2.57. The first kappa shape index (κ1) is 12.0. The standard InChI is InChI=1S/C15H28N2/c1-17(2)10-11-4-3-7-15(9-11)13-6-5-12(8-13)14(15)16/h11-14H,3-10,16H2,1-2H3/t11-,12-,13+,14-,15-/m0/s1. The van der Waals surface area contributed by atoms with Crippen molar-refractivity contribution in [2.75, 3.05) is 20.6 Å². The van der Waals surface area contributed by atoms with Gasteiger partial charge in [0.2, 0.25) is 0 Å². The van der Waals surface area contributed by atoms with Crippen LogP contribution in [0.25, 0.3) is 0 Å². The second kappa shape index (κ2) is 4.24. The lowest BCUT2D eigenvalue weighted by molar-refractivity contribution is 0.0407. The largest absolute Gasteiger partial charge is 0.327 e. The molecule has 0 aromatic carbocycles. The molecule has 2 heteroatoms. The predicted octanol–water partition coefficient (Wildman–Crippen LogP) is 2.48. The first-order valence-corrected chi connectivity index (χ1v) is 7.52. The SMILES string of the molecule is CN(C)C[C@H]1CCC[C@]2(C1)[C@@H]1CC[C@@H](C1)[C@@H]2N. The van der Waals surface area contributed by atoms with Gasteiger partial charge in [-0.05, 0) is 75.8 Å². The van der Waals surface area contributed by atoms with Crippen LogP contribution in [0.5, 0.6) is 0 Å². The molecule has 2 nitrogen and oxygen atoms in total. The van der Waals surface area contributed by atoms with Gasteiger partial charge in [-0.2, -0.15) is 0 Å². The van der Waals surface area contributed by atoms with Crippen molar-refractivity contribution in [3.63, 3.8) is 0 Å². The van der Waals surface area contributed by atoms with Crippen LogP contribution in [-0.4, -0.2) is 31.6 Å². The molecule has 5 atom stereocenters. The molecule has 3 aliphatic rings. The van der Waals surface area contributed by atoms with Gasteiger partial charge in [-0.1, -0.05) is 6.42 Å². The lowest BCUT2D eigenvalue weighted by Crippen LogP contribution is -2.49. The van der Waals surface area contributed by atoms with Crippen molar-refractivity contribution in [2.24, 2.45) is 28.9 Å². The Kier molecular flexibility index (Phi) is 2.99. The van der Waals surface area contributed by atoms with Gasteiger partial charge in [-0.25, -0.2) is 0 Å². The lowest BCUT2D eigenvalue weighted by atomic mass is 9.59. The molecule has 0 radical (unpaired) electrons. The van der Waals surface area contributed by atoms with Crippen molar-refractivity contribution >= 4 is 0 Å². The second-order valence-corrected chi connectivity index (χ2v) is 7.25. The van der Waals surface area contributed by atoms with Crippen molar-refractivity contribution in [3.05, 3.63) is 0 Å². The van der Waals surface area contributed by atoms with Crippen LogP contribution in [0.15, 0.2) is 0 Å². The van der Waals surface area contributed by atoms with Crippen LogP contribution in [-0.2, 0) is 0 Å². The fourth-order valence-corrected chi connectivity index (χ4v) is 5.41. The lowest BCUT2D eigenvalue weighted by Gasteiger charge is -2.48. The van der Waals surface area contributed by atoms with E-state index in [4.69, 9.17) is 5.73 Å². The summed E-state index contributed by atoms with van der Waals surface area (Å²) in [6.07, 6.45) is 10.1. The smallest absolute Gasteiger partial charge is 0.0127 e. The molecular weight excluding hydrogens is 208 g/mol. The Morgan fingerprint density at radius 2 is 2.06 bits per heavy atom. The fourth-order valence-electron chi connectivity index (χ4n) is 5.41. The van der Waals surface area contributed by atoms with Crippen LogP contribution >= 0.6 is 0 Å². The zero-order chi connectivity index (χ0) is 12.0. The molecule has 0 heterocycles. The van der Waals surface area contributed by atoms with Crippen LogP contribution in [0.1, 0.15) is 44.9 Å². The average molecular weight is 236 g/mol. The Bertz CT molecular complexity index is 285. The fraction of sp³-hybridized carbons (Fsp3) is 1.00. The van der Waals surface area contributed by atoms with Crippen molar-refractivity contribution < 1.29 is 0 Å². The maximum absolute atomic E-state index is 6.61. The van der Waals surface area contributed by atoms with Gasteiger partial charge >= 0.3 is 0 Å². The first-order valence-electron chi connectivity index (χ1n) is 7.52. The molecule has 0 aliphatic heterocycles. The van der Waals surface area contributed by atoms with Crippen LogP contribution in [0, 0.1) is 23.2 Å². The van der Waals surface area contributed by atoms with E-state index in [2.05, 4.69) is 19.0 Å². The van der Waals surface area contributed by atoms with E-state index in [1.54, 1.807) is 0 Å². The van der Waals surface area contributed by atoms with Crippen molar-refractivity contribution in [1.29, 1.82) is 0 Å². The molecule has 2 N–H and O–H groups in total. The topological polar surface area (TPSA) is 29.3 Å². The van der Waals surface area contributed by atoms with E-state index in [0.717, 1.165) is 17.8 Å². The van der Waals surface area contributed by atoms with E-state index in [1.807, 2.05) is 0 Å². The van der Waals surface area contributed by atoms with Crippen molar-refractivity contribution in [2.45, 2.75) is 51.0 Å². The van der Waals surface area contributed by atoms with Gasteiger partial charge in [-0.3, -0.25) is 0 Å². The number of hydrogen-bond acceptors (Lipinski definition) is 2. The summed E-state index contributed by atoms with van der Waals surface area (Å²) in [5.74, 6) is 2.76. The Morgan fingerprint density at radius 1 is 1.24 bits per heavy atom. The van der Waals surface area contributed by atoms with E-state index in [9.17, 15) is 0 Å². The molecule has 0 aromatic rings. The van der Waals surface area contributed by atoms with E-state index in [1.165, 1.54) is 51.5 Å². The minimum absolute atomic E-state index is 0.534. The molecule has 0 saturated heterocycles. The second-order valence-electron chi connectivity index (χ2n) is 7.25. The van der Waals surface area contributed by atoms with Crippen LogP contribution in [0.2, 0.25) is 0 Å². The third-order valence-corrected chi connectivity index (χ3v) is 6.00. The molecule has 3 aliphatic carbocycles. The number of hydrogen-bond donors (Lipinski definition) is 1. The molecule has 3 saturated carbocycles. The molecule has 98 valence electrons. The number of rotatable bonds is 2. The summed E-state index contributed by atoms with van der Waals surface area (Å²) >= 11 is 0. The number of nitrogens with two attached hydrogens (primary N) is 1. The average Bonchev–Trinajstić information content (AvgIpc) is 2.83. The summed E-state index contributed by atoms with van der Waals surface area (Å²) in [6, 6.07) is 0.534. The van der Waals surface area contributed by atoms with Gasteiger partial charge in [0.15, 0.2) is 0 Å². The minimum atomic E-state index is 0.534. The van der Waals surface area contributed by atoms with Crippen LogP contribution in [0.4, 0.5) is 0 Å². The summed E-state index contributed by atoms with van der Waals surface area (Å²) in [6.45, 7) is 1.27. The van der Waals surface area contributed by atoms with Gasteiger partial charge < -0.3 is 10.6 Å². The third-order valence-electron chi connectivity index (χ3n) is 6.00. The Labute approximate surface area is 106 Å². The molecule has 17 heavy (non-hydrogen) atoms. The van der Waals surface area contributed by atoms with E-state index >= 15 is 0 Å². The summed E-state index contributed by atoms with van der Waals surface area (Å²) in [5, 5.41) is 0. The summed E-state index contributed by atoms with van der Waals surface area (Å²) in [7, 11) is 4.42. The van der Waals surface area contributed by atoms with Gasteiger partial charge in [0.1, 0.15) is 0 Å². The summed E-state index contributed by atoms with van der Waals surface area (Å²) in [4.78, 5) is 2.36. The molecule has 3 fully saturated rings. The van der Waals surface area contributed by atoms with Crippen molar-refractivity contribution in [1.82, 2.24) is 4.90 Å². The van der Waals surface area contributed by atoms with Gasteiger partial charge in [0.05, 0.1) is 0 Å².